The number of sulfonamides is 1. The lowest BCUT2D eigenvalue weighted by Crippen LogP contribution is -2.53. The highest BCUT2D eigenvalue weighted by Gasteiger charge is 2.58. The van der Waals surface area contributed by atoms with Crippen LogP contribution in [0.15, 0.2) is 41.3 Å². The van der Waals surface area contributed by atoms with E-state index in [1.54, 1.807) is 29.2 Å². The molecule has 2 amide bonds. The van der Waals surface area contributed by atoms with Crippen LogP contribution in [0.5, 0.6) is 5.88 Å². The lowest BCUT2D eigenvalue weighted by atomic mass is 10.1. The Labute approximate surface area is 236 Å². The number of ether oxygens (including phenoxy) is 1. The van der Waals surface area contributed by atoms with Crippen molar-refractivity contribution in [3.05, 3.63) is 63.6 Å². The van der Waals surface area contributed by atoms with Crippen LogP contribution < -0.4 is 15.6 Å². The van der Waals surface area contributed by atoms with Gasteiger partial charge in [0.15, 0.2) is 0 Å². The van der Waals surface area contributed by atoms with E-state index in [1.807, 2.05) is 6.07 Å². The number of aryl methyl sites for hydroxylation is 1. The number of rotatable bonds is 8. The van der Waals surface area contributed by atoms with Gasteiger partial charge < -0.3 is 19.5 Å². The summed E-state index contributed by atoms with van der Waals surface area (Å²) >= 11 is 0. The molecule has 3 aromatic rings. The first kappa shape index (κ1) is 28.2. The van der Waals surface area contributed by atoms with Crippen molar-refractivity contribution in [2.24, 2.45) is 7.05 Å². The number of carbonyl (C=O) groups is 2. The van der Waals surface area contributed by atoms with Gasteiger partial charge >= 0.3 is 0 Å². The molecule has 2 aliphatic rings. The topological polar surface area (TPSA) is 168 Å². The fraction of sp³-hybridized carbons (Fsp3) is 0.407. The first-order valence-corrected chi connectivity index (χ1v) is 14.5. The van der Waals surface area contributed by atoms with Crippen LogP contribution in [0.3, 0.4) is 0 Å². The molecular formula is C27H29N7O6S. The molecular weight excluding hydrogens is 550 g/mol. The number of nitriles is 1. The second kappa shape index (κ2) is 10.9. The van der Waals surface area contributed by atoms with Crippen molar-refractivity contribution in [1.29, 1.82) is 5.26 Å². The predicted molar refractivity (Wildman–Crippen MR) is 147 cm³/mol. The number of benzene rings is 1. The van der Waals surface area contributed by atoms with Crippen molar-refractivity contribution in [3.63, 3.8) is 0 Å². The first-order valence-electron chi connectivity index (χ1n) is 13.1. The maximum absolute atomic E-state index is 13.5. The van der Waals surface area contributed by atoms with Crippen LogP contribution in [-0.2, 0) is 28.4 Å². The maximum Gasteiger partial charge on any atom is 0.263 e. The summed E-state index contributed by atoms with van der Waals surface area (Å²) in [7, 11) is -2.23. The van der Waals surface area contributed by atoms with E-state index in [0.29, 0.717) is 36.9 Å². The van der Waals surface area contributed by atoms with Gasteiger partial charge in [-0.15, -0.1) is 5.10 Å². The van der Waals surface area contributed by atoms with E-state index in [2.05, 4.69) is 15.5 Å². The predicted octanol–water partition coefficient (Wildman–Crippen LogP) is 0.535. The molecule has 5 rings (SSSR count). The summed E-state index contributed by atoms with van der Waals surface area (Å²) in [6.07, 6.45) is 2.24. The Hall–Kier alpha value is -4.35. The summed E-state index contributed by atoms with van der Waals surface area (Å²) in [6.45, 7) is 2.58. The van der Waals surface area contributed by atoms with Crippen LogP contribution in [0.2, 0.25) is 0 Å². The van der Waals surface area contributed by atoms with Gasteiger partial charge in [0.1, 0.15) is 22.4 Å². The number of pyridine rings is 1. The van der Waals surface area contributed by atoms with Crippen LogP contribution in [0.25, 0.3) is 10.9 Å². The molecule has 14 heteroatoms. The Balaban J connectivity index is 1.32. The van der Waals surface area contributed by atoms with Crippen LogP contribution in [0.1, 0.15) is 41.3 Å². The third-order valence-electron chi connectivity index (χ3n) is 7.62. The number of amides is 2. The van der Waals surface area contributed by atoms with E-state index in [9.17, 15) is 22.8 Å². The van der Waals surface area contributed by atoms with Gasteiger partial charge in [0, 0.05) is 52.1 Å². The van der Waals surface area contributed by atoms with E-state index in [-0.39, 0.29) is 49.1 Å². The van der Waals surface area contributed by atoms with Gasteiger partial charge in [-0.3, -0.25) is 14.4 Å². The van der Waals surface area contributed by atoms with Crippen LogP contribution in [-0.4, -0.2) is 81.7 Å². The number of hydrogen-bond acceptors (Lipinski definition) is 9. The van der Waals surface area contributed by atoms with E-state index >= 15 is 0 Å². The fourth-order valence-corrected chi connectivity index (χ4v) is 6.90. The minimum absolute atomic E-state index is 0.00508. The molecule has 1 aliphatic carbocycles. The molecule has 1 N–H and O–H groups in total. The highest BCUT2D eigenvalue weighted by molar-refractivity contribution is 7.90. The van der Waals surface area contributed by atoms with Gasteiger partial charge in [0.2, 0.25) is 15.9 Å². The fourth-order valence-electron chi connectivity index (χ4n) is 4.89. The van der Waals surface area contributed by atoms with Crippen molar-refractivity contribution in [2.75, 3.05) is 32.8 Å². The van der Waals surface area contributed by atoms with Gasteiger partial charge in [-0.1, -0.05) is 12.1 Å². The Bertz CT molecular complexity index is 1720. The number of piperazine rings is 1. The number of aromatic nitrogens is 3. The zero-order chi connectivity index (χ0) is 29.4. The zero-order valence-electron chi connectivity index (χ0n) is 22.7. The maximum atomic E-state index is 13.5. The molecule has 2 aromatic heterocycles. The summed E-state index contributed by atoms with van der Waals surface area (Å²) in [5, 5.41) is 20.0. The molecule has 0 atom stereocenters. The molecule has 1 aromatic carbocycles. The molecule has 1 saturated heterocycles. The minimum Gasteiger partial charge on any atom is -0.473 e. The summed E-state index contributed by atoms with van der Waals surface area (Å²) in [6, 6.07) is 10.2. The third kappa shape index (κ3) is 5.38. The Morgan fingerprint density at radius 1 is 1.15 bits per heavy atom. The van der Waals surface area contributed by atoms with Crippen molar-refractivity contribution in [3.8, 4) is 11.9 Å². The minimum atomic E-state index is -3.71. The molecule has 3 heterocycles. The monoisotopic (exact) mass is 579 g/mol. The number of carbonyl (C=O) groups excluding carboxylic acids is 2. The summed E-state index contributed by atoms with van der Waals surface area (Å²) in [4.78, 5) is 39.3. The van der Waals surface area contributed by atoms with Gasteiger partial charge in [0.25, 0.3) is 17.3 Å². The molecule has 1 aliphatic heterocycles. The van der Waals surface area contributed by atoms with E-state index in [4.69, 9.17) is 10.00 Å². The van der Waals surface area contributed by atoms with Gasteiger partial charge in [-0.2, -0.15) is 14.7 Å². The lowest BCUT2D eigenvalue weighted by Gasteiger charge is -2.35. The second-order valence-electron chi connectivity index (χ2n) is 10.2. The van der Waals surface area contributed by atoms with E-state index < -0.39 is 26.2 Å². The Kier molecular flexibility index (Phi) is 7.50. The van der Waals surface area contributed by atoms with Gasteiger partial charge in [-0.25, -0.2) is 8.42 Å². The average molecular weight is 580 g/mol. The SMILES string of the molecule is CC(=O)N1CCN(S(=O)(=O)C2(COc3nncc4cc(C(=O)NCc5ccc(C#N)cc5)c(=O)n(C)c34)CC2)CC1. The highest BCUT2D eigenvalue weighted by Crippen LogP contribution is 2.46. The van der Waals surface area contributed by atoms with Crippen molar-refractivity contribution < 1.29 is 22.7 Å². The quantitative estimate of drug-likeness (QED) is 0.400. The molecule has 0 bridgehead atoms. The van der Waals surface area contributed by atoms with E-state index in [0.717, 1.165) is 5.56 Å². The van der Waals surface area contributed by atoms with Crippen LogP contribution in [0.4, 0.5) is 0 Å². The molecule has 13 nitrogen and oxygen atoms in total. The number of nitrogens with zero attached hydrogens (tertiary/aromatic N) is 6. The summed E-state index contributed by atoms with van der Waals surface area (Å²) < 4.78 is 34.4. The summed E-state index contributed by atoms with van der Waals surface area (Å²) in [5.74, 6) is -0.669. The van der Waals surface area contributed by atoms with Crippen molar-refractivity contribution >= 4 is 32.7 Å². The van der Waals surface area contributed by atoms with Crippen LogP contribution in [0, 0.1) is 11.3 Å². The number of nitrogens with one attached hydrogen (secondary N) is 1. The smallest absolute Gasteiger partial charge is 0.263 e. The van der Waals surface area contributed by atoms with Gasteiger partial charge in [0.05, 0.1) is 17.8 Å². The standard InChI is InChI=1S/C27H29N7O6S/c1-18(35)33-9-11-34(12-10-33)41(38,39)27(7-8-27)17-40-25-23-21(16-30-31-25)13-22(26(37)32(23)2)24(36)29-15-20-5-3-19(14-28)4-6-20/h3-6,13,16H,7-12,15,17H2,1-2H3,(H,29,36). The average Bonchev–Trinajstić information content (AvgIpc) is 3.78. The van der Waals surface area contributed by atoms with Crippen molar-refractivity contribution in [1.82, 2.24) is 29.3 Å². The van der Waals surface area contributed by atoms with Crippen molar-refractivity contribution in [2.45, 2.75) is 31.1 Å². The number of fused-ring (bicyclic) bond motifs is 1. The molecule has 214 valence electrons. The zero-order valence-corrected chi connectivity index (χ0v) is 23.5. The highest BCUT2D eigenvalue weighted by atomic mass is 32.2. The third-order valence-corrected chi connectivity index (χ3v) is 10.3. The number of hydrogen-bond donors (Lipinski definition) is 1. The Morgan fingerprint density at radius 2 is 1.83 bits per heavy atom. The normalized spacial score (nSPS) is 16.7. The molecule has 41 heavy (non-hydrogen) atoms. The largest absolute Gasteiger partial charge is 0.473 e. The van der Waals surface area contributed by atoms with Crippen LogP contribution >= 0.6 is 0 Å². The Morgan fingerprint density at radius 3 is 2.44 bits per heavy atom. The lowest BCUT2D eigenvalue weighted by molar-refractivity contribution is -0.129. The van der Waals surface area contributed by atoms with E-state index in [1.165, 1.54) is 35.1 Å². The molecule has 0 spiro atoms. The molecule has 1 saturated carbocycles. The molecule has 2 fully saturated rings. The van der Waals surface area contributed by atoms with Gasteiger partial charge in [-0.05, 0) is 36.6 Å². The molecule has 0 unspecified atom stereocenters. The summed E-state index contributed by atoms with van der Waals surface area (Å²) in [5.41, 5.74) is 0.877. The first-order chi connectivity index (χ1) is 19.6. The molecule has 0 radical (unpaired) electrons. The second-order valence-corrected chi connectivity index (χ2v) is 12.6.